The molecule has 2 bridgehead atoms. The Labute approximate surface area is 71.9 Å². The normalized spacial score (nSPS) is 45.2. The highest BCUT2D eigenvalue weighted by atomic mass is 16.1. The van der Waals surface area contributed by atoms with Crippen molar-refractivity contribution < 1.29 is 4.79 Å². The lowest BCUT2D eigenvalue weighted by Crippen LogP contribution is -2.78. The molecule has 3 heteroatoms. The average molecular weight is 166 g/mol. The summed E-state index contributed by atoms with van der Waals surface area (Å²) in [4.78, 5) is 11.8. The molecular formula is C9H14N2O. The highest BCUT2D eigenvalue weighted by Crippen LogP contribution is 2.39. The number of piperidine rings is 1. The van der Waals surface area contributed by atoms with Crippen molar-refractivity contribution in [1.82, 2.24) is 10.6 Å². The molecule has 3 nitrogen and oxygen atoms in total. The van der Waals surface area contributed by atoms with Crippen LogP contribution >= 0.6 is 0 Å². The number of rotatable bonds is 2. The van der Waals surface area contributed by atoms with E-state index in [0.717, 1.165) is 32.4 Å². The molecule has 0 amide bonds. The Morgan fingerprint density at radius 2 is 2.17 bits per heavy atom. The molecule has 2 N–H and O–H groups in total. The van der Waals surface area contributed by atoms with Crippen LogP contribution in [0.4, 0.5) is 0 Å². The monoisotopic (exact) mass is 166 g/mol. The Balaban J connectivity index is 1.77. The van der Waals surface area contributed by atoms with Gasteiger partial charge in [0.1, 0.15) is 0 Å². The van der Waals surface area contributed by atoms with Crippen LogP contribution < -0.4 is 10.6 Å². The van der Waals surface area contributed by atoms with Gasteiger partial charge >= 0.3 is 0 Å². The first-order chi connectivity index (χ1) is 5.80. The quantitative estimate of drug-likeness (QED) is 0.590. The number of Topliss-reactive ketones (excluding diaryl/α,β-unsaturated/α-hetero) is 1. The van der Waals surface area contributed by atoms with E-state index in [0.29, 0.717) is 17.7 Å². The third kappa shape index (κ3) is 0.808. The number of piperazine rings is 1. The third-order valence-corrected chi connectivity index (χ3v) is 3.31. The Kier molecular flexibility index (Phi) is 1.23. The fourth-order valence-electron chi connectivity index (χ4n) is 2.49. The van der Waals surface area contributed by atoms with Crippen molar-refractivity contribution in [3.05, 3.63) is 0 Å². The fraction of sp³-hybridized carbons (Fsp3) is 0.889. The number of nitrogens with one attached hydrogen (secondary N) is 2. The maximum Gasteiger partial charge on any atom is 0.157 e. The van der Waals surface area contributed by atoms with Crippen LogP contribution in [-0.2, 0) is 4.79 Å². The number of hydrogen-bond donors (Lipinski definition) is 2. The molecule has 0 aromatic heterocycles. The minimum absolute atomic E-state index is 0.135. The van der Waals surface area contributed by atoms with Crippen LogP contribution in [0.25, 0.3) is 0 Å². The second kappa shape index (κ2) is 2.09. The average Bonchev–Trinajstić information content (AvgIpc) is 2.85. The third-order valence-electron chi connectivity index (χ3n) is 3.31. The van der Waals surface area contributed by atoms with Crippen molar-refractivity contribution in [2.24, 2.45) is 5.92 Å². The molecule has 4 aliphatic rings. The first kappa shape index (κ1) is 7.04. The zero-order valence-corrected chi connectivity index (χ0v) is 7.10. The predicted octanol–water partition coefficient (Wildman–Crippen LogP) is -0.331. The molecule has 0 aromatic rings. The van der Waals surface area contributed by atoms with Crippen LogP contribution in [0.2, 0.25) is 0 Å². The molecule has 0 spiro atoms. The number of hydrogen-bond acceptors (Lipinski definition) is 3. The molecule has 4 fully saturated rings. The van der Waals surface area contributed by atoms with E-state index in [4.69, 9.17) is 0 Å². The van der Waals surface area contributed by atoms with Gasteiger partial charge in [-0.2, -0.15) is 0 Å². The van der Waals surface area contributed by atoms with Gasteiger partial charge in [-0.05, 0) is 19.3 Å². The fourth-order valence-corrected chi connectivity index (χ4v) is 2.49. The zero-order chi connectivity index (χ0) is 8.18. The van der Waals surface area contributed by atoms with E-state index in [2.05, 4.69) is 10.6 Å². The molecule has 0 aromatic carbocycles. The number of ketones is 1. The van der Waals surface area contributed by atoms with E-state index >= 15 is 0 Å². The molecular weight excluding hydrogens is 152 g/mol. The summed E-state index contributed by atoms with van der Waals surface area (Å²) in [5.41, 5.74) is -0.135. The summed E-state index contributed by atoms with van der Waals surface area (Å²) in [5.74, 6) is 0.879. The second-order valence-electron chi connectivity index (χ2n) is 4.40. The van der Waals surface area contributed by atoms with Gasteiger partial charge < -0.3 is 5.32 Å². The van der Waals surface area contributed by atoms with Crippen LogP contribution in [0.15, 0.2) is 0 Å². The van der Waals surface area contributed by atoms with Crippen molar-refractivity contribution in [1.29, 1.82) is 0 Å². The predicted molar refractivity (Wildman–Crippen MR) is 44.9 cm³/mol. The minimum atomic E-state index is -0.135. The number of carbonyl (C=O) groups excluding carboxylic acids is 1. The van der Waals surface area contributed by atoms with Gasteiger partial charge in [0, 0.05) is 25.0 Å². The van der Waals surface area contributed by atoms with Gasteiger partial charge in [0.25, 0.3) is 0 Å². The molecule has 3 saturated heterocycles. The Hall–Kier alpha value is -0.410. The lowest BCUT2D eigenvalue weighted by Gasteiger charge is -2.53. The van der Waals surface area contributed by atoms with Gasteiger partial charge in [-0.15, -0.1) is 0 Å². The molecule has 1 saturated carbocycles. The highest BCUT2D eigenvalue weighted by molar-refractivity contribution is 5.93. The van der Waals surface area contributed by atoms with Crippen molar-refractivity contribution in [2.75, 3.05) is 13.1 Å². The van der Waals surface area contributed by atoms with Crippen LogP contribution in [0.5, 0.6) is 0 Å². The summed E-state index contributed by atoms with van der Waals surface area (Å²) in [7, 11) is 0. The first-order valence-electron chi connectivity index (χ1n) is 4.83. The number of carbonyl (C=O) groups is 1. The summed E-state index contributed by atoms with van der Waals surface area (Å²) < 4.78 is 0. The van der Waals surface area contributed by atoms with Gasteiger partial charge in [-0.1, -0.05) is 0 Å². The molecule has 12 heavy (non-hydrogen) atoms. The van der Waals surface area contributed by atoms with Gasteiger partial charge in [0.2, 0.25) is 0 Å². The van der Waals surface area contributed by atoms with Gasteiger partial charge in [-0.25, -0.2) is 0 Å². The molecule has 2 atom stereocenters. The van der Waals surface area contributed by atoms with Crippen LogP contribution in [0.1, 0.15) is 19.3 Å². The lowest BCUT2D eigenvalue weighted by molar-refractivity contribution is -0.132. The zero-order valence-electron chi connectivity index (χ0n) is 7.10. The largest absolute Gasteiger partial charge is 0.313 e. The first-order valence-corrected chi connectivity index (χ1v) is 4.83. The molecule has 4 rings (SSSR count). The lowest BCUT2D eigenvalue weighted by atomic mass is 9.74. The molecule has 3 aliphatic heterocycles. The Morgan fingerprint density at radius 3 is 2.67 bits per heavy atom. The van der Waals surface area contributed by atoms with Crippen LogP contribution in [0.3, 0.4) is 0 Å². The van der Waals surface area contributed by atoms with E-state index < -0.39 is 0 Å². The minimum Gasteiger partial charge on any atom is -0.313 e. The van der Waals surface area contributed by atoms with Crippen molar-refractivity contribution in [3.63, 3.8) is 0 Å². The molecule has 3 heterocycles. The van der Waals surface area contributed by atoms with E-state index in [1.54, 1.807) is 0 Å². The van der Waals surface area contributed by atoms with E-state index in [1.165, 1.54) is 0 Å². The summed E-state index contributed by atoms with van der Waals surface area (Å²) in [6.07, 6.45) is 3.34. The van der Waals surface area contributed by atoms with E-state index in [9.17, 15) is 4.79 Å². The topological polar surface area (TPSA) is 41.1 Å². The van der Waals surface area contributed by atoms with E-state index in [1.807, 2.05) is 0 Å². The van der Waals surface area contributed by atoms with Gasteiger partial charge in [-0.3, -0.25) is 10.1 Å². The Morgan fingerprint density at radius 1 is 1.42 bits per heavy atom. The summed E-state index contributed by atoms with van der Waals surface area (Å²) in [5, 5.41) is 6.71. The molecule has 0 radical (unpaired) electrons. The SMILES string of the molecule is O=C(C1CC1)C12CNCC(C1)N2. The van der Waals surface area contributed by atoms with Gasteiger partial charge in [0.05, 0.1) is 5.54 Å². The van der Waals surface area contributed by atoms with Crippen molar-refractivity contribution in [3.8, 4) is 0 Å². The summed E-state index contributed by atoms with van der Waals surface area (Å²) in [6, 6.07) is 0.571. The van der Waals surface area contributed by atoms with Crippen LogP contribution in [0, 0.1) is 5.92 Å². The van der Waals surface area contributed by atoms with E-state index in [-0.39, 0.29) is 5.54 Å². The van der Waals surface area contributed by atoms with Crippen molar-refractivity contribution >= 4 is 5.78 Å². The molecule has 66 valence electrons. The maximum atomic E-state index is 11.8. The molecule has 2 unspecified atom stereocenters. The second-order valence-corrected chi connectivity index (χ2v) is 4.40. The summed E-state index contributed by atoms with van der Waals surface area (Å²) >= 11 is 0. The van der Waals surface area contributed by atoms with Crippen LogP contribution in [-0.4, -0.2) is 30.5 Å². The smallest absolute Gasteiger partial charge is 0.157 e. The molecule has 1 aliphatic carbocycles. The van der Waals surface area contributed by atoms with Crippen molar-refractivity contribution in [2.45, 2.75) is 30.8 Å². The highest BCUT2D eigenvalue weighted by Gasteiger charge is 2.55. The van der Waals surface area contributed by atoms with Gasteiger partial charge in [0.15, 0.2) is 5.78 Å². The standard InChI is InChI=1S/C9H14N2O/c12-8(6-1-2-6)9-3-7(11-9)4-10-5-9/h6-7,10-11H,1-5H2. The Bertz CT molecular complexity index is 223. The summed E-state index contributed by atoms with van der Waals surface area (Å²) in [6.45, 7) is 1.90. The maximum absolute atomic E-state index is 11.8. The number of fused-ring (bicyclic) bond motifs is 2.